The van der Waals surface area contributed by atoms with Gasteiger partial charge in [-0.25, -0.2) is 4.84 Å². The molecule has 4 aliphatic rings. The predicted molar refractivity (Wildman–Crippen MR) is 104 cm³/mol. The van der Waals surface area contributed by atoms with E-state index in [2.05, 4.69) is 5.16 Å². The van der Waals surface area contributed by atoms with Crippen LogP contribution in [0.2, 0.25) is 0 Å². The topological polar surface area (TPSA) is 135 Å². The Balaban J connectivity index is 1.82. The van der Waals surface area contributed by atoms with Crippen LogP contribution in [-0.4, -0.2) is 49.7 Å². The van der Waals surface area contributed by atoms with E-state index in [-0.39, 0.29) is 18.2 Å². The summed E-state index contributed by atoms with van der Waals surface area (Å²) >= 11 is 0. The minimum atomic E-state index is -1.96. The molecule has 2 aliphatic carbocycles. The number of hydrogen-bond acceptors (Lipinski definition) is 8. The molecule has 5 atom stereocenters. The van der Waals surface area contributed by atoms with E-state index in [1.54, 1.807) is 20.8 Å². The molecule has 0 radical (unpaired) electrons. The van der Waals surface area contributed by atoms with Crippen LogP contribution in [0.25, 0.3) is 0 Å². The highest BCUT2D eigenvalue weighted by molar-refractivity contribution is 5.98. The first-order valence-corrected chi connectivity index (χ1v) is 10.3. The highest BCUT2D eigenvalue weighted by Gasteiger charge is 2.67. The van der Waals surface area contributed by atoms with Crippen LogP contribution in [0.4, 0.5) is 0 Å². The van der Waals surface area contributed by atoms with Gasteiger partial charge in [-0.3, -0.25) is 14.9 Å². The summed E-state index contributed by atoms with van der Waals surface area (Å²) in [5.74, 6) is -2.97. The van der Waals surface area contributed by atoms with Crippen LogP contribution < -0.4 is 0 Å². The molecular formula is C20H27N3O7. The fourth-order valence-corrected chi connectivity index (χ4v) is 5.44. The van der Waals surface area contributed by atoms with E-state index in [4.69, 9.17) is 9.57 Å². The largest absolute Gasteiger partial charge is 0.430 e. The van der Waals surface area contributed by atoms with Crippen molar-refractivity contribution >= 4 is 11.8 Å². The molecule has 4 rings (SSSR count). The van der Waals surface area contributed by atoms with Gasteiger partial charge < -0.3 is 15.1 Å². The summed E-state index contributed by atoms with van der Waals surface area (Å²) in [6.45, 7) is 6.97. The van der Waals surface area contributed by atoms with Crippen molar-refractivity contribution in [2.75, 3.05) is 0 Å². The number of hydroxylamine groups is 2. The van der Waals surface area contributed by atoms with Crippen LogP contribution >= 0.6 is 0 Å². The Kier molecular flexibility index (Phi) is 4.70. The number of rotatable bonds is 3. The van der Waals surface area contributed by atoms with Crippen molar-refractivity contribution in [1.29, 1.82) is 0 Å². The molecule has 0 bridgehead atoms. The first-order valence-electron chi connectivity index (χ1n) is 10.3. The number of nitrogens with zero attached hydrogens (tertiary/aromatic N) is 3. The number of oxime groups is 1. The summed E-state index contributed by atoms with van der Waals surface area (Å²) in [6.07, 6.45) is 2.58. The van der Waals surface area contributed by atoms with Crippen LogP contribution in [-0.2, 0) is 14.4 Å². The van der Waals surface area contributed by atoms with Crippen LogP contribution in [0.1, 0.15) is 59.8 Å². The van der Waals surface area contributed by atoms with E-state index >= 15 is 0 Å². The van der Waals surface area contributed by atoms with Crippen LogP contribution in [0.3, 0.4) is 0 Å². The monoisotopic (exact) mass is 421 g/mol. The van der Waals surface area contributed by atoms with Gasteiger partial charge in [0.15, 0.2) is 5.72 Å². The standard InChI is InChI=1S/C20H27N3O7/c1-10-5-7-14-13(4)18(24)22(19(14,25)9-10)30-20-15(12(3)17(21-26)29-20)8-6-11(2)16(20)23(27)28/h10-11,16,25-26H,5-9H2,1-4H3/b21-17+/t10-,11-,16-,19+,20-/m1/s1. The minimum absolute atomic E-state index is 0.133. The summed E-state index contributed by atoms with van der Waals surface area (Å²) in [7, 11) is 0. The molecule has 0 unspecified atom stereocenters. The van der Waals surface area contributed by atoms with E-state index in [0.29, 0.717) is 41.6 Å². The molecule has 2 saturated carbocycles. The summed E-state index contributed by atoms with van der Waals surface area (Å²) in [4.78, 5) is 30.8. The second kappa shape index (κ2) is 6.78. The lowest BCUT2D eigenvalue weighted by molar-refractivity contribution is -0.580. The van der Waals surface area contributed by atoms with Crippen molar-refractivity contribution in [3.05, 3.63) is 32.4 Å². The van der Waals surface area contributed by atoms with Gasteiger partial charge in [0, 0.05) is 34.0 Å². The quantitative estimate of drug-likeness (QED) is 0.406. The number of nitro groups is 1. The zero-order valence-electron chi connectivity index (χ0n) is 17.5. The number of aliphatic hydroxyl groups is 1. The highest BCUT2D eigenvalue weighted by atomic mass is 16.8. The van der Waals surface area contributed by atoms with Crippen molar-refractivity contribution in [2.45, 2.75) is 77.4 Å². The SMILES string of the molecule is CC1=C2CC[C@@H](C)C[C@@]2(O)N(O[C@]23O/C(=N/O)C(C)=C2CC[C@@H](C)[C@H]3[N+](=O)[O-])C1=O. The van der Waals surface area contributed by atoms with Gasteiger partial charge >= 0.3 is 5.79 Å². The molecule has 0 aromatic carbocycles. The maximum absolute atomic E-state index is 13.1. The third kappa shape index (κ3) is 2.63. The number of carbonyl (C=O) groups is 1. The lowest BCUT2D eigenvalue weighted by Crippen LogP contribution is -2.63. The van der Waals surface area contributed by atoms with Crippen molar-refractivity contribution in [3.63, 3.8) is 0 Å². The molecule has 0 spiro atoms. The van der Waals surface area contributed by atoms with E-state index in [0.717, 1.165) is 11.5 Å². The normalized spacial score (nSPS) is 40.0. The molecule has 1 amide bonds. The first-order chi connectivity index (χ1) is 14.1. The zero-order valence-corrected chi connectivity index (χ0v) is 17.5. The predicted octanol–water partition coefficient (Wildman–Crippen LogP) is 2.49. The Labute approximate surface area is 173 Å². The Morgan fingerprint density at radius 1 is 1.23 bits per heavy atom. The van der Waals surface area contributed by atoms with Gasteiger partial charge in [-0.15, -0.1) is 0 Å². The van der Waals surface area contributed by atoms with Gasteiger partial charge in [0.1, 0.15) is 0 Å². The van der Waals surface area contributed by atoms with E-state index in [1.807, 2.05) is 6.92 Å². The maximum Gasteiger partial charge on any atom is 0.325 e. The summed E-state index contributed by atoms with van der Waals surface area (Å²) in [5.41, 5.74) is 0.188. The minimum Gasteiger partial charge on any atom is -0.430 e. The maximum atomic E-state index is 13.1. The van der Waals surface area contributed by atoms with Crippen molar-refractivity contribution < 1.29 is 29.6 Å². The summed E-state index contributed by atoms with van der Waals surface area (Å²) in [5, 5.41) is 37.0. The number of amides is 1. The molecule has 10 heteroatoms. The Morgan fingerprint density at radius 2 is 1.90 bits per heavy atom. The lowest BCUT2D eigenvalue weighted by atomic mass is 9.77. The fraction of sp³-hybridized carbons (Fsp3) is 0.700. The number of ether oxygens (including phenoxy) is 1. The molecule has 0 saturated heterocycles. The van der Waals surface area contributed by atoms with Crippen molar-refractivity contribution in [2.24, 2.45) is 17.0 Å². The first kappa shape index (κ1) is 20.8. The average Bonchev–Trinajstić information content (AvgIpc) is 3.05. The Morgan fingerprint density at radius 3 is 2.53 bits per heavy atom. The van der Waals surface area contributed by atoms with Crippen LogP contribution in [0, 0.1) is 22.0 Å². The van der Waals surface area contributed by atoms with Gasteiger partial charge in [0.05, 0.1) is 0 Å². The molecule has 10 nitrogen and oxygen atoms in total. The molecule has 2 fully saturated rings. The third-order valence-corrected chi connectivity index (χ3v) is 7.06. The summed E-state index contributed by atoms with van der Waals surface area (Å²) < 4.78 is 5.79. The van der Waals surface area contributed by atoms with E-state index in [9.17, 15) is 25.2 Å². The van der Waals surface area contributed by atoms with E-state index < -0.39 is 34.3 Å². The van der Waals surface area contributed by atoms with Crippen LogP contribution in [0.5, 0.6) is 0 Å². The number of hydrogen-bond donors (Lipinski definition) is 2. The van der Waals surface area contributed by atoms with Crippen molar-refractivity contribution in [1.82, 2.24) is 5.06 Å². The second-order valence-electron chi connectivity index (χ2n) is 8.98. The molecule has 30 heavy (non-hydrogen) atoms. The lowest BCUT2D eigenvalue weighted by Gasteiger charge is -2.45. The van der Waals surface area contributed by atoms with Gasteiger partial charge in [-0.1, -0.05) is 13.8 Å². The third-order valence-electron chi connectivity index (χ3n) is 7.06. The molecule has 2 heterocycles. The smallest absolute Gasteiger partial charge is 0.325 e. The van der Waals surface area contributed by atoms with Crippen LogP contribution in [0.15, 0.2) is 27.4 Å². The highest BCUT2D eigenvalue weighted by Crippen LogP contribution is 2.52. The van der Waals surface area contributed by atoms with Gasteiger partial charge in [-0.05, 0) is 56.2 Å². The Bertz CT molecular complexity index is 910. The molecule has 0 aromatic rings. The number of carbonyl (C=O) groups excluding carboxylic acids is 1. The molecule has 0 aromatic heterocycles. The fourth-order valence-electron chi connectivity index (χ4n) is 5.44. The molecule has 2 N–H and O–H groups in total. The zero-order chi connectivity index (χ0) is 22.0. The van der Waals surface area contributed by atoms with Crippen molar-refractivity contribution in [3.8, 4) is 0 Å². The molecule has 2 aliphatic heterocycles. The van der Waals surface area contributed by atoms with E-state index in [1.165, 1.54) is 0 Å². The van der Waals surface area contributed by atoms with Gasteiger partial charge in [0.2, 0.25) is 0 Å². The Hall–Kier alpha value is -2.46. The second-order valence-corrected chi connectivity index (χ2v) is 8.98. The van der Waals surface area contributed by atoms with Gasteiger partial charge in [0.25, 0.3) is 17.8 Å². The summed E-state index contributed by atoms with van der Waals surface area (Å²) in [6, 6.07) is -1.35. The molecule has 164 valence electrons. The molecular weight excluding hydrogens is 394 g/mol. The number of fused-ring (bicyclic) bond motifs is 2. The van der Waals surface area contributed by atoms with Gasteiger partial charge in [-0.2, -0.15) is 5.06 Å². The average molecular weight is 421 g/mol.